The molecule has 0 aliphatic rings. The van der Waals surface area contributed by atoms with E-state index < -0.39 is 5.97 Å². The summed E-state index contributed by atoms with van der Waals surface area (Å²) in [6.45, 7) is 2.95. The van der Waals surface area contributed by atoms with Gasteiger partial charge in [-0.15, -0.1) is 0 Å². The third kappa shape index (κ3) is 4.01. The van der Waals surface area contributed by atoms with E-state index in [2.05, 4.69) is 10.2 Å². The third-order valence-electron chi connectivity index (χ3n) is 3.49. The number of carbonyl (C=O) groups is 1. The molecule has 0 unspecified atom stereocenters. The van der Waals surface area contributed by atoms with Crippen LogP contribution in [0.15, 0.2) is 18.2 Å². The highest BCUT2D eigenvalue weighted by Gasteiger charge is 2.19. The summed E-state index contributed by atoms with van der Waals surface area (Å²) in [6.07, 6.45) is 0. The maximum atomic E-state index is 11.6. The number of H-pyrrole nitrogens is 1. The molecule has 2 rings (SSSR count). The normalized spacial score (nSPS) is 10.8. The van der Waals surface area contributed by atoms with E-state index in [0.29, 0.717) is 30.2 Å². The summed E-state index contributed by atoms with van der Waals surface area (Å²) >= 11 is 0. The predicted molar refractivity (Wildman–Crippen MR) is 85.0 cm³/mol. The molecule has 0 saturated heterocycles. The second kappa shape index (κ2) is 7.15. The van der Waals surface area contributed by atoms with Crippen molar-refractivity contribution >= 4 is 5.97 Å². The van der Waals surface area contributed by atoms with E-state index in [1.165, 1.54) is 20.3 Å². The van der Waals surface area contributed by atoms with E-state index in [9.17, 15) is 9.90 Å². The summed E-state index contributed by atoms with van der Waals surface area (Å²) < 4.78 is 10.5. The molecule has 0 saturated carbocycles. The van der Waals surface area contributed by atoms with Crippen LogP contribution in [0.3, 0.4) is 0 Å². The Morgan fingerprint density at radius 2 is 2.00 bits per heavy atom. The largest absolute Gasteiger partial charge is 0.497 e. The standard InChI is InChI=1S/C16H21N3O4/c1-10-5-11(18-17-10)8-19(2)9-14-13(16(20)21)6-12(22-3)7-15(14)23-4/h5-7H,8-9H2,1-4H3,(H,17,18)(H,20,21). The van der Waals surface area contributed by atoms with Gasteiger partial charge in [-0.2, -0.15) is 5.10 Å². The van der Waals surface area contributed by atoms with E-state index in [1.807, 2.05) is 24.9 Å². The highest BCUT2D eigenvalue weighted by Crippen LogP contribution is 2.30. The Balaban J connectivity index is 2.28. The van der Waals surface area contributed by atoms with Crippen LogP contribution in [0.1, 0.15) is 27.3 Å². The molecule has 1 aromatic carbocycles. The van der Waals surface area contributed by atoms with E-state index in [4.69, 9.17) is 9.47 Å². The van der Waals surface area contributed by atoms with Gasteiger partial charge in [0, 0.05) is 30.4 Å². The Kier molecular flexibility index (Phi) is 5.23. The molecule has 1 aromatic heterocycles. The number of methoxy groups -OCH3 is 2. The molecule has 2 aromatic rings. The number of aromatic amines is 1. The first-order chi connectivity index (χ1) is 10.9. The molecule has 0 aliphatic heterocycles. The molecule has 124 valence electrons. The fourth-order valence-electron chi connectivity index (χ4n) is 2.43. The van der Waals surface area contributed by atoms with Crippen molar-refractivity contribution in [3.8, 4) is 11.5 Å². The van der Waals surface area contributed by atoms with Gasteiger partial charge in [0.2, 0.25) is 0 Å². The quantitative estimate of drug-likeness (QED) is 0.812. The SMILES string of the molecule is COc1cc(OC)c(CN(C)Cc2cc(C)[nH]n2)c(C(=O)O)c1. The molecule has 23 heavy (non-hydrogen) atoms. The lowest BCUT2D eigenvalue weighted by Gasteiger charge is -2.19. The van der Waals surface area contributed by atoms with Crippen LogP contribution in [0.25, 0.3) is 0 Å². The fourth-order valence-corrected chi connectivity index (χ4v) is 2.43. The molecule has 0 aliphatic carbocycles. The van der Waals surface area contributed by atoms with Crippen molar-refractivity contribution in [2.75, 3.05) is 21.3 Å². The van der Waals surface area contributed by atoms with Gasteiger partial charge >= 0.3 is 5.97 Å². The molecule has 0 amide bonds. The zero-order valence-electron chi connectivity index (χ0n) is 13.7. The highest BCUT2D eigenvalue weighted by atomic mass is 16.5. The lowest BCUT2D eigenvalue weighted by atomic mass is 10.0. The Labute approximate surface area is 134 Å². The number of nitrogens with zero attached hydrogens (tertiary/aromatic N) is 2. The number of hydrogen-bond acceptors (Lipinski definition) is 5. The van der Waals surface area contributed by atoms with E-state index in [0.717, 1.165) is 11.4 Å². The zero-order chi connectivity index (χ0) is 17.0. The maximum Gasteiger partial charge on any atom is 0.336 e. The second-order valence-electron chi connectivity index (χ2n) is 5.38. The number of rotatable bonds is 7. The van der Waals surface area contributed by atoms with Crippen molar-refractivity contribution in [3.05, 3.63) is 40.7 Å². The molecule has 0 spiro atoms. The summed E-state index contributed by atoms with van der Waals surface area (Å²) in [5, 5.41) is 16.5. The molecule has 1 heterocycles. The lowest BCUT2D eigenvalue weighted by molar-refractivity contribution is 0.0693. The summed E-state index contributed by atoms with van der Waals surface area (Å²) in [6, 6.07) is 5.15. The van der Waals surface area contributed by atoms with Gasteiger partial charge in [-0.1, -0.05) is 0 Å². The topological polar surface area (TPSA) is 87.7 Å². The number of hydrogen-bond donors (Lipinski definition) is 2. The van der Waals surface area contributed by atoms with Crippen LogP contribution in [-0.4, -0.2) is 47.4 Å². The van der Waals surface area contributed by atoms with Crippen molar-refractivity contribution in [1.82, 2.24) is 15.1 Å². The first-order valence-electron chi connectivity index (χ1n) is 7.12. The monoisotopic (exact) mass is 319 g/mol. The average Bonchev–Trinajstić information content (AvgIpc) is 2.91. The molecule has 7 heteroatoms. The Morgan fingerprint density at radius 1 is 1.26 bits per heavy atom. The number of carboxylic acids is 1. The zero-order valence-corrected chi connectivity index (χ0v) is 13.7. The molecule has 7 nitrogen and oxygen atoms in total. The molecule has 0 atom stereocenters. The van der Waals surface area contributed by atoms with Crippen molar-refractivity contribution in [2.45, 2.75) is 20.0 Å². The highest BCUT2D eigenvalue weighted by molar-refractivity contribution is 5.91. The van der Waals surface area contributed by atoms with E-state index in [1.54, 1.807) is 6.07 Å². The summed E-state index contributed by atoms with van der Waals surface area (Å²) in [5.74, 6) is -0.0680. The average molecular weight is 319 g/mol. The van der Waals surface area contributed by atoms with Crippen molar-refractivity contribution in [3.63, 3.8) is 0 Å². The van der Waals surface area contributed by atoms with Crippen molar-refractivity contribution in [2.24, 2.45) is 0 Å². The molecule has 2 N–H and O–H groups in total. The number of ether oxygens (including phenoxy) is 2. The minimum absolute atomic E-state index is 0.172. The number of aryl methyl sites for hydroxylation is 1. The van der Waals surface area contributed by atoms with Crippen molar-refractivity contribution < 1.29 is 19.4 Å². The lowest BCUT2D eigenvalue weighted by Crippen LogP contribution is -2.20. The number of benzene rings is 1. The Hall–Kier alpha value is -2.54. The summed E-state index contributed by atoms with van der Waals surface area (Å²) in [7, 11) is 4.91. The molecule has 0 radical (unpaired) electrons. The maximum absolute atomic E-state index is 11.6. The van der Waals surface area contributed by atoms with Crippen LogP contribution in [0.5, 0.6) is 11.5 Å². The first-order valence-corrected chi connectivity index (χ1v) is 7.12. The van der Waals surface area contributed by atoms with Crippen LogP contribution >= 0.6 is 0 Å². The van der Waals surface area contributed by atoms with Gasteiger partial charge in [-0.25, -0.2) is 4.79 Å². The van der Waals surface area contributed by atoms with Gasteiger partial charge < -0.3 is 14.6 Å². The number of aromatic nitrogens is 2. The minimum Gasteiger partial charge on any atom is -0.497 e. The van der Waals surface area contributed by atoms with Gasteiger partial charge in [-0.3, -0.25) is 10.00 Å². The molecular weight excluding hydrogens is 298 g/mol. The van der Waals surface area contributed by atoms with Crippen LogP contribution in [0.4, 0.5) is 0 Å². The van der Waals surface area contributed by atoms with Crippen LogP contribution < -0.4 is 9.47 Å². The van der Waals surface area contributed by atoms with Crippen LogP contribution in [0.2, 0.25) is 0 Å². The number of aromatic carboxylic acids is 1. The Morgan fingerprint density at radius 3 is 2.52 bits per heavy atom. The third-order valence-corrected chi connectivity index (χ3v) is 3.49. The number of carboxylic acid groups (broad SMARTS) is 1. The van der Waals surface area contributed by atoms with E-state index >= 15 is 0 Å². The molecular formula is C16H21N3O4. The number of nitrogens with one attached hydrogen (secondary N) is 1. The summed E-state index contributed by atoms with van der Waals surface area (Å²) in [4.78, 5) is 13.5. The fraction of sp³-hybridized carbons (Fsp3) is 0.375. The molecule has 0 fully saturated rings. The van der Waals surface area contributed by atoms with Crippen LogP contribution in [-0.2, 0) is 13.1 Å². The smallest absolute Gasteiger partial charge is 0.336 e. The summed E-state index contributed by atoms with van der Waals surface area (Å²) in [5.41, 5.74) is 2.66. The van der Waals surface area contributed by atoms with Gasteiger partial charge in [0.1, 0.15) is 11.5 Å². The second-order valence-corrected chi connectivity index (χ2v) is 5.38. The predicted octanol–water partition coefficient (Wildman–Crippen LogP) is 2.07. The van der Waals surface area contributed by atoms with Gasteiger partial charge in [0.15, 0.2) is 0 Å². The van der Waals surface area contributed by atoms with Crippen molar-refractivity contribution in [1.29, 1.82) is 0 Å². The van der Waals surface area contributed by atoms with Crippen LogP contribution in [0, 0.1) is 6.92 Å². The van der Waals surface area contributed by atoms with Gasteiger partial charge in [-0.05, 0) is 26.1 Å². The Bertz CT molecular complexity index is 697. The minimum atomic E-state index is -1.01. The van der Waals surface area contributed by atoms with Gasteiger partial charge in [0.25, 0.3) is 0 Å². The molecule has 0 bridgehead atoms. The first kappa shape index (κ1) is 16.8. The van der Waals surface area contributed by atoms with Gasteiger partial charge in [0.05, 0.1) is 25.5 Å². The van der Waals surface area contributed by atoms with E-state index in [-0.39, 0.29) is 5.56 Å².